The van der Waals surface area contributed by atoms with Crippen molar-refractivity contribution in [3.63, 3.8) is 0 Å². The maximum Gasteiger partial charge on any atom is 0.106 e. The molecule has 3 rings (SSSR count). The van der Waals surface area contributed by atoms with Crippen LogP contribution in [0.2, 0.25) is 0 Å². The van der Waals surface area contributed by atoms with Gasteiger partial charge in [-0.3, -0.25) is 4.90 Å². The maximum atomic E-state index is 5.70. The van der Waals surface area contributed by atoms with Gasteiger partial charge in [-0.1, -0.05) is 12.5 Å². The van der Waals surface area contributed by atoms with E-state index in [2.05, 4.69) is 17.1 Å². The van der Waals surface area contributed by atoms with Crippen molar-refractivity contribution in [1.82, 2.24) is 4.90 Å². The van der Waals surface area contributed by atoms with Crippen LogP contribution in [0.3, 0.4) is 0 Å². The fourth-order valence-corrected chi connectivity index (χ4v) is 2.79. The molecule has 1 fully saturated rings. The molecule has 3 aliphatic heterocycles. The predicted octanol–water partition coefficient (Wildman–Crippen LogP) is 2.09. The minimum Gasteiger partial charge on any atom is -0.493 e. The molecule has 76 valence electrons. The van der Waals surface area contributed by atoms with E-state index in [0.717, 1.165) is 25.6 Å². The summed E-state index contributed by atoms with van der Waals surface area (Å²) >= 11 is 0. The molecule has 0 bridgehead atoms. The highest BCUT2D eigenvalue weighted by Crippen LogP contribution is 2.31. The predicted molar refractivity (Wildman–Crippen MR) is 55.9 cm³/mol. The van der Waals surface area contributed by atoms with Gasteiger partial charge in [0.15, 0.2) is 0 Å². The summed E-state index contributed by atoms with van der Waals surface area (Å²) in [7, 11) is 0. The second kappa shape index (κ2) is 3.43. The van der Waals surface area contributed by atoms with Crippen LogP contribution in [0, 0.1) is 0 Å². The summed E-state index contributed by atoms with van der Waals surface area (Å²) in [4.78, 5) is 2.63. The van der Waals surface area contributed by atoms with Crippen LogP contribution in [0.15, 0.2) is 23.5 Å². The summed E-state index contributed by atoms with van der Waals surface area (Å²) in [5.74, 6) is 1.27. The number of hydrogen-bond donors (Lipinski definition) is 0. The molecule has 0 spiro atoms. The van der Waals surface area contributed by atoms with Crippen LogP contribution in [0.1, 0.15) is 25.7 Å². The summed E-state index contributed by atoms with van der Waals surface area (Å²) in [6.45, 7) is 3.19. The van der Waals surface area contributed by atoms with E-state index in [1.165, 1.54) is 37.1 Å². The van der Waals surface area contributed by atoms with Crippen molar-refractivity contribution < 1.29 is 4.74 Å². The smallest absolute Gasteiger partial charge is 0.106 e. The molecule has 14 heavy (non-hydrogen) atoms. The molecule has 0 aromatic heterocycles. The number of piperidine rings is 1. The van der Waals surface area contributed by atoms with Gasteiger partial charge in [-0.2, -0.15) is 0 Å². The number of nitrogens with zero attached hydrogens (tertiary/aromatic N) is 1. The van der Waals surface area contributed by atoms with Gasteiger partial charge in [0.2, 0.25) is 0 Å². The zero-order chi connectivity index (χ0) is 9.38. The Kier molecular flexibility index (Phi) is 2.09. The maximum absolute atomic E-state index is 5.70. The molecular weight excluding hydrogens is 174 g/mol. The van der Waals surface area contributed by atoms with E-state index < -0.39 is 0 Å². The highest BCUT2D eigenvalue weighted by Gasteiger charge is 2.30. The largest absolute Gasteiger partial charge is 0.493 e. The number of fused-ring (bicyclic) bond motifs is 1. The van der Waals surface area contributed by atoms with Crippen LogP contribution in [0.4, 0.5) is 0 Å². The average Bonchev–Trinajstić information content (AvgIpc) is 2.26. The summed E-state index contributed by atoms with van der Waals surface area (Å²) < 4.78 is 5.70. The fraction of sp³-hybridized carbons (Fsp3) is 0.667. The van der Waals surface area contributed by atoms with Gasteiger partial charge < -0.3 is 4.74 Å². The van der Waals surface area contributed by atoms with Crippen molar-refractivity contribution in [3.8, 4) is 0 Å². The lowest BCUT2D eigenvalue weighted by Crippen LogP contribution is -2.44. The molecular formula is C12H17NO. The highest BCUT2D eigenvalue weighted by molar-refractivity contribution is 5.30. The first-order valence-electron chi connectivity index (χ1n) is 5.69. The van der Waals surface area contributed by atoms with Crippen LogP contribution >= 0.6 is 0 Å². The van der Waals surface area contributed by atoms with E-state index in [9.17, 15) is 0 Å². The van der Waals surface area contributed by atoms with E-state index in [-0.39, 0.29) is 0 Å². The van der Waals surface area contributed by atoms with Gasteiger partial charge >= 0.3 is 0 Å². The normalized spacial score (nSPS) is 32.1. The standard InChI is InChI=1S/C12H17NO/c1-2-6-13-9-10-4-3-7-14-12(10)8-11(13)5-1/h3-4,11H,1-2,5-9H2. The third kappa shape index (κ3) is 1.38. The van der Waals surface area contributed by atoms with Gasteiger partial charge in [0.05, 0.1) is 0 Å². The minimum atomic E-state index is 0.772. The first kappa shape index (κ1) is 8.54. The first-order chi connectivity index (χ1) is 6.93. The van der Waals surface area contributed by atoms with Crippen molar-refractivity contribution in [1.29, 1.82) is 0 Å². The molecule has 0 aromatic carbocycles. The second-order valence-electron chi connectivity index (χ2n) is 4.49. The molecule has 0 radical (unpaired) electrons. The van der Waals surface area contributed by atoms with Crippen LogP contribution in [0.5, 0.6) is 0 Å². The van der Waals surface area contributed by atoms with Crippen molar-refractivity contribution in [3.05, 3.63) is 23.5 Å². The van der Waals surface area contributed by atoms with E-state index in [4.69, 9.17) is 4.74 Å². The third-order valence-corrected chi connectivity index (χ3v) is 3.57. The van der Waals surface area contributed by atoms with Crippen molar-refractivity contribution in [2.45, 2.75) is 31.7 Å². The lowest BCUT2D eigenvalue weighted by Gasteiger charge is -2.41. The van der Waals surface area contributed by atoms with Crippen molar-refractivity contribution in [2.24, 2.45) is 0 Å². The Hall–Kier alpha value is -0.760. The van der Waals surface area contributed by atoms with E-state index in [1.807, 2.05) is 0 Å². The summed E-state index contributed by atoms with van der Waals surface area (Å²) in [5.41, 5.74) is 1.43. The molecule has 3 heterocycles. The molecule has 0 saturated carbocycles. The van der Waals surface area contributed by atoms with Crippen molar-refractivity contribution in [2.75, 3.05) is 19.7 Å². The summed E-state index contributed by atoms with van der Waals surface area (Å²) in [6.07, 6.45) is 9.68. The van der Waals surface area contributed by atoms with Gasteiger partial charge in [-0.25, -0.2) is 0 Å². The Morgan fingerprint density at radius 2 is 2.36 bits per heavy atom. The topological polar surface area (TPSA) is 12.5 Å². The van der Waals surface area contributed by atoms with E-state index in [1.54, 1.807) is 0 Å². The monoisotopic (exact) mass is 191 g/mol. The Morgan fingerprint density at radius 1 is 1.36 bits per heavy atom. The van der Waals surface area contributed by atoms with Gasteiger partial charge in [0.1, 0.15) is 12.4 Å². The van der Waals surface area contributed by atoms with Gasteiger partial charge in [0, 0.05) is 24.6 Å². The van der Waals surface area contributed by atoms with Crippen LogP contribution in [0.25, 0.3) is 0 Å². The molecule has 1 unspecified atom stereocenters. The molecule has 0 aliphatic carbocycles. The van der Waals surface area contributed by atoms with Crippen LogP contribution in [-0.2, 0) is 4.74 Å². The van der Waals surface area contributed by atoms with Gasteiger partial charge in [-0.05, 0) is 25.5 Å². The molecule has 2 nitrogen and oxygen atoms in total. The molecule has 2 heteroatoms. The number of hydrogen-bond acceptors (Lipinski definition) is 2. The lowest BCUT2D eigenvalue weighted by molar-refractivity contribution is 0.110. The fourth-order valence-electron chi connectivity index (χ4n) is 2.79. The van der Waals surface area contributed by atoms with E-state index in [0.29, 0.717) is 0 Å². The van der Waals surface area contributed by atoms with Crippen LogP contribution < -0.4 is 0 Å². The molecule has 1 saturated heterocycles. The Bertz CT molecular complexity index is 293. The molecule has 0 aromatic rings. The zero-order valence-corrected chi connectivity index (χ0v) is 8.54. The van der Waals surface area contributed by atoms with Crippen molar-refractivity contribution >= 4 is 0 Å². The van der Waals surface area contributed by atoms with Gasteiger partial charge in [-0.15, -0.1) is 0 Å². The zero-order valence-electron chi connectivity index (χ0n) is 8.54. The summed E-state index contributed by atoms with van der Waals surface area (Å²) in [5, 5.41) is 0. The summed E-state index contributed by atoms with van der Waals surface area (Å²) in [6, 6.07) is 0.772. The van der Waals surface area contributed by atoms with E-state index >= 15 is 0 Å². The third-order valence-electron chi connectivity index (χ3n) is 3.57. The second-order valence-corrected chi connectivity index (χ2v) is 4.49. The Balaban J connectivity index is 1.83. The van der Waals surface area contributed by atoms with Gasteiger partial charge in [0.25, 0.3) is 0 Å². The number of ether oxygens (including phenoxy) is 1. The Labute approximate surface area is 85.2 Å². The quantitative estimate of drug-likeness (QED) is 0.581. The molecule has 0 N–H and O–H groups in total. The molecule has 0 amide bonds. The Morgan fingerprint density at radius 3 is 3.36 bits per heavy atom. The first-order valence-corrected chi connectivity index (χ1v) is 5.69. The highest BCUT2D eigenvalue weighted by atomic mass is 16.5. The molecule has 1 atom stereocenters. The molecule has 3 aliphatic rings. The number of rotatable bonds is 0. The average molecular weight is 191 g/mol. The SMILES string of the molecule is C1=CC2=C(CC3CCCCN3C2)OC1. The van der Waals surface area contributed by atoms with Crippen LogP contribution in [-0.4, -0.2) is 30.6 Å². The lowest BCUT2D eigenvalue weighted by atomic mass is 9.92. The minimum absolute atomic E-state index is 0.772.